The lowest BCUT2D eigenvalue weighted by atomic mass is 10.2. The van der Waals surface area contributed by atoms with E-state index in [1.807, 2.05) is 6.92 Å². The first-order chi connectivity index (χ1) is 6.68. The van der Waals surface area contributed by atoms with Crippen molar-refractivity contribution in [3.05, 3.63) is 17.4 Å². The largest absolute Gasteiger partial charge is 0.429 e. The van der Waals surface area contributed by atoms with E-state index in [1.54, 1.807) is 17.0 Å². The number of rotatable bonds is 1. The summed E-state index contributed by atoms with van der Waals surface area (Å²) < 4.78 is 5.18. The van der Waals surface area contributed by atoms with E-state index < -0.39 is 0 Å². The van der Waals surface area contributed by atoms with Crippen LogP contribution in [0.15, 0.2) is 16.5 Å². The van der Waals surface area contributed by atoms with Gasteiger partial charge < -0.3 is 9.73 Å². The highest BCUT2D eigenvalue weighted by molar-refractivity contribution is 6.29. The molecule has 0 saturated carbocycles. The van der Waals surface area contributed by atoms with Gasteiger partial charge in [0.05, 0.1) is 6.04 Å². The fourth-order valence-corrected chi connectivity index (χ4v) is 1.63. The summed E-state index contributed by atoms with van der Waals surface area (Å²) >= 11 is 5.64. The summed E-state index contributed by atoms with van der Waals surface area (Å²) in [5.41, 5.74) is 0. The number of piperazine rings is 1. The van der Waals surface area contributed by atoms with E-state index in [9.17, 15) is 4.79 Å². The van der Waals surface area contributed by atoms with Crippen LogP contribution in [-0.4, -0.2) is 25.0 Å². The Labute approximate surface area is 86.8 Å². The maximum atomic E-state index is 11.7. The Balaban J connectivity index is 2.21. The molecule has 0 aliphatic carbocycles. The van der Waals surface area contributed by atoms with E-state index in [4.69, 9.17) is 16.0 Å². The van der Waals surface area contributed by atoms with Gasteiger partial charge in [0.25, 0.3) is 0 Å². The molecule has 76 valence electrons. The summed E-state index contributed by atoms with van der Waals surface area (Å²) in [5.74, 6) is 0.538. The van der Waals surface area contributed by atoms with Crippen LogP contribution in [0.25, 0.3) is 0 Å². The van der Waals surface area contributed by atoms with E-state index >= 15 is 0 Å². The van der Waals surface area contributed by atoms with Crippen molar-refractivity contribution in [2.75, 3.05) is 18.0 Å². The number of furan rings is 1. The zero-order valence-electron chi connectivity index (χ0n) is 7.79. The molecule has 2 rings (SSSR count). The second-order valence-corrected chi connectivity index (χ2v) is 3.62. The number of carbonyl (C=O) groups excluding carboxylic acids is 1. The van der Waals surface area contributed by atoms with Crippen LogP contribution in [0.4, 0.5) is 5.88 Å². The van der Waals surface area contributed by atoms with Gasteiger partial charge in [-0.3, -0.25) is 9.69 Å². The van der Waals surface area contributed by atoms with Gasteiger partial charge in [-0.25, -0.2) is 0 Å². The summed E-state index contributed by atoms with van der Waals surface area (Å²) in [6.07, 6.45) is 0. The minimum Gasteiger partial charge on any atom is -0.429 e. The van der Waals surface area contributed by atoms with Crippen molar-refractivity contribution in [1.82, 2.24) is 5.32 Å². The molecule has 2 heterocycles. The molecule has 4 nitrogen and oxygen atoms in total. The second kappa shape index (κ2) is 3.63. The molecule has 14 heavy (non-hydrogen) atoms. The monoisotopic (exact) mass is 214 g/mol. The quantitative estimate of drug-likeness (QED) is 0.766. The molecule has 1 N–H and O–H groups in total. The highest BCUT2D eigenvalue weighted by Crippen LogP contribution is 2.23. The Kier molecular flexibility index (Phi) is 2.48. The summed E-state index contributed by atoms with van der Waals surface area (Å²) in [6, 6.07) is 3.18. The standard InChI is InChI=1S/C9H11ClN2O2/c1-6-9(13)12(5-4-11-6)8-3-2-7(10)14-8/h2-3,6,11H,4-5H2,1H3. The third kappa shape index (κ3) is 1.63. The number of carbonyl (C=O) groups is 1. The molecular formula is C9H11ClN2O2. The van der Waals surface area contributed by atoms with Crippen LogP contribution in [0.3, 0.4) is 0 Å². The third-order valence-electron chi connectivity index (χ3n) is 2.25. The molecule has 0 bridgehead atoms. The number of anilines is 1. The Morgan fingerprint density at radius 3 is 3.07 bits per heavy atom. The summed E-state index contributed by atoms with van der Waals surface area (Å²) in [4.78, 5) is 13.3. The molecule has 1 aliphatic heterocycles. The van der Waals surface area contributed by atoms with Crippen LogP contribution in [0.1, 0.15) is 6.92 Å². The predicted octanol–water partition coefficient (Wildman–Crippen LogP) is 1.26. The molecule has 0 spiro atoms. The van der Waals surface area contributed by atoms with Gasteiger partial charge in [-0.15, -0.1) is 0 Å². The molecule has 1 atom stereocenters. The molecule has 0 aromatic carbocycles. The summed E-state index contributed by atoms with van der Waals surface area (Å²) in [7, 11) is 0. The topological polar surface area (TPSA) is 45.5 Å². The molecule has 1 aliphatic rings. The molecular weight excluding hydrogens is 204 g/mol. The van der Waals surface area contributed by atoms with Gasteiger partial charge in [-0.05, 0) is 24.6 Å². The summed E-state index contributed by atoms with van der Waals surface area (Å²) in [6.45, 7) is 3.22. The van der Waals surface area contributed by atoms with Crippen LogP contribution in [0, 0.1) is 0 Å². The Morgan fingerprint density at radius 2 is 2.43 bits per heavy atom. The lowest BCUT2D eigenvalue weighted by Gasteiger charge is -2.29. The minimum absolute atomic E-state index is 0.0160. The van der Waals surface area contributed by atoms with Gasteiger partial charge in [0.1, 0.15) is 0 Å². The van der Waals surface area contributed by atoms with Gasteiger partial charge in [0.15, 0.2) is 5.22 Å². The number of halogens is 1. The Hall–Kier alpha value is -1.00. The van der Waals surface area contributed by atoms with Gasteiger partial charge >= 0.3 is 0 Å². The van der Waals surface area contributed by atoms with Crippen molar-refractivity contribution < 1.29 is 9.21 Å². The third-order valence-corrected chi connectivity index (χ3v) is 2.45. The van der Waals surface area contributed by atoms with E-state index in [0.717, 1.165) is 6.54 Å². The molecule has 0 radical (unpaired) electrons. The SMILES string of the molecule is CC1NCCN(c2ccc(Cl)o2)C1=O. The smallest absolute Gasteiger partial charge is 0.246 e. The molecule has 1 aromatic rings. The van der Waals surface area contributed by atoms with E-state index in [-0.39, 0.29) is 11.9 Å². The number of hydrogen-bond donors (Lipinski definition) is 1. The second-order valence-electron chi connectivity index (χ2n) is 3.24. The number of nitrogens with zero attached hydrogens (tertiary/aromatic N) is 1. The molecule has 1 amide bonds. The van der Waals surface area contributed by atoms with E-state index in [1.165, 1.54) is 0 Å². The molecule has 1 aromatic heterocycles. The zero-order chi connectivity index (χ0) is 10.1. The van der Waals surface area contributed by atoms with E-state index in [2.05, 4.69) is 5.32 Å². The Morgan fingerprint density at radius 1 is 1.64 bits per heavy atom. The first-order valence-electron chi connectivity index (χ1n) is 4.48. The van der Waals surface area contributed by atoms with Crippen molar-refractivity contribution in [2.24, 2.45) is 0 Å². The lowest BCUT2D eigenvalue weighted by Crippen LogP contribution is -2.53. The fourth-order valence-electron chi connectivity index (χ4n) is 1.49. The maximum Gasteiger partial charge on any atom is 0.246 e. The van der Waals surface area contributed by atoms with Gasteiger partial charge in [-0.1, -0.05) is 0 Å². The van der Waals surface area contributed by atoms with Crippen molar-refractivity contribution in [1.29, 1.82) is 0 Å². The average molecular weight is 215 g/mol. The van der Waals surface area contributed by atoms with Crippen LogP contribution in [0.5, 0.6) is 0 Å². The van der Waals surface area contributed by atoms with Gasteiger partial charge in [0, 0.05) is 19.2 Å². The highest BCUT2D eigenvalue weighted by atomic mass is 35.5. The van der Waals surface area contributed by atoms with Gasteiger partial charge in [-0.2, -0.15) is 0 Å². The van der Waals surface area contributed by atoms with Crippen molar-refractivity contribution in [3.63, 3.8) is 0 Å². The maximum absolute atomic E-state index is 11.7. The fraction of sp³-hybridized carbons (Fsp3) is 0.444. The van der Waals surface area contributed by atoms with Crippen LogP contribution in [-0.2, 0) is 4.79 Å². The van der Waals surface area contributed by atoms with Crippen molar-refractivity contribution >= 4 is 23.4 Å². The van der Waals surface area contributed by atoms with Gasteiger partial charge in [0.2, 0.25) is 11.8 Å². The molecule has 1 saturated heterocycles. The van der Waals surface area contributed by atoms with Crippen LogP contribution in [0.2, 0.25) is 5.22 Å². The minimum atomic E-state index is -0.160. The zero-order valence-corrected chi connectivity index (χ0v) is 8.54. The Bertz CT molecular complexity index is 350. The average Bonchev–Trinajstić information content (AvgIpc) is 2.57. The highest BCUT2D eigenvalue weighted by Gasteiger charge is 2.27. The van der Waals surface area contributed by atoms with Crippen molar-refractivity contribution in [3.8, 4) is 0 Å². The van der Waals surface area contributed by atoms with E-state index in [0.29, 0.717) is 17.6 Å². The molecule has 5 heteroatoms. The molecule has 1 fully saturated rings. The number of hydrogen-bond acceptors (Lipinski definition) is 3. The van der Waals surface area contributed by atoms with Crippen LogP contribution < -0.4 is 10.2 Å². The number of nitrogens with one attached hydrogen (secondary N) is 1. The number of amides is 1. The summed E-state index contributed by atoms with van der Waals surface area (Å²) in [5, 5.41) is 3.38. The van der Waals surface area contributed by atoms with Crippen molar-refractivity contribution in [2.45, 2.75) is 13.0 Å². The first-order valence-corrected chi connectivity index (χ1v) is 4.86. The van der Waals surface area contributed by atoms with Crippen LogP contribution >= 0.6 is 11.6 Å². The molecule has 1 unspecified atom stereocenters. The lowest BCUT2D eigenvalue weighted by molar-refractivity contribution is -0.121. The predicted molar refractivity (Wildman–Crippen MR) is 53.5 cm³/mol. The first kappa shape index (κ1) is 9.55. The normalized spacial score (nSPS) is 22.9.